The van der Waals surface area contributed by atoms with E-state index in [2.05, 4.69) is 10.3 Å². The van der Waals surface area contributed by atoms with Crippen molar-refractivity contribution in [3.8, 4) is 0 Å². The number of benzene rings is 1. The molecule has 3 rings (SSSR count). The molecule has 1 fully saturated rings. The standard InChI is InChI=1S/C15H16N2O2/c18-15(19)12-9-14(16-10-5-1-2-6-10)17-13-8-4-3-7-11(12)13/h3-4,7-10H,1-2,5-6H2,(H,16,17)(H,18,19). The molecule has 0 bridgehead atoms. The highest BCUT2D eigenvalue weighted by Crippen LogP contribution is 2.25. The van der Waals surface area contributed by atoms with E-state index in [4.69, 9.17) is 0 Å². The van der Waals surface area contributed by atoms with Crippen LogP contribution in [0.4, 0.5) is 5.82 Å². The number of carbonyl (C=O) groups is 1. The van der Waals surface area contributed by atoms with Crippen LogP contribution < -0.4 is 5.32 Å². The number of fused-ring (bicyclic) bond motifs is 1. The summed E-state index contributed by atoms with van der Waals surface area (Å²) in [6.45, 7) is 0. The normalized spacial score (nSPS) is 15.8. The fraction of sp³-hybridized carbons (Fsp3) is 0.333. The maximum atomic E-state index is 11.3. The third-order valence-electron chi connectivity index (χ3n) is 3.65. The second-order valence-electron chi connectivity index (χ2n) is 5.00. The van der Waals surface area contributed by atoms with Crippen molar-refractivity contribution < 1.29 is 9.90 Å². The average molecular weight is 256 g/mol. The molecule has 1 aliphatic carbocycles. The fourth-order valence-electron chi connectivity index (χ4n) is 2.71. The first kappa shape index (κ1) is 12.0. The topological polar surface area (TPSA) is 62.2 Å². The summed E-state index contributed by atoms with van der Waals surface area (Å²) >= 11 is 0. The van der Waals surface area contributed by atoms with Crippen LogP contribution in [0.25, 0.3) is 10.9 Å². The summed E-state index contributed by atoms with van der Waals surface area (Å²) in [5.41, 5.74) is 1.04. The van der Waals surface area contributed by atoms with Gasteiger partial charge in [-0.1, -0.05) is 31.0 Å². The Hall–Kier alpha value is -2.10. The van der Waals surface area contributed by atoms with Crippen molar-refractivity contribution in [1.29, 1.82) is 0 Å². The quantitative estimate of drug-likeness (QED) is 0.884. The van der Waals surface area contributed by atoms with Crippen LogP contribution in [0.3, 0.4) is 0 Å². The van der Waals surface area contributed by atoms with Gasteiger partial charge in [0.2, 0.25) is 0 Å². The summed E-state index contributed by atoms with van der Waals surface area (Å²) in [5.74, 6) is -0.240. The highest BCUT2D eigenvalue weighted by Gasteiger charge is 2.17. The molecule has 0 aliphatic heterocycles. The fourth-order valence-corrected chi connectivity index (χ4v) is 2.71. The van der Waals surface area contributed by atoms with Crippen molar-refractivity contribution in [2.24, 2.45) is 0 Å². The molecule has 98 valence electrons. The zero-order chi connectivity index (χ0) is 13.2. The van der Waals surface area contributed by atoms with E-state index in [1.165, 1.54) is 12.8 Å². The molecule has 2 N–H and O–H groups in total. The largest absolute Gasteiger partial charge is 0.478 e. The number of nitrogens with zero attached hydrogens (tertiary/aromatic N) is 1. The molecule has 0 unspecified atom stereocenters. The van der Waals surface area contributed by atoms with Crippen molar-refractivity contribution in [3.05, 3.63) is 35.9 Å². The number of para-hydroxylation sites is 1. The third-order valence-corrected chi connectivity index (χ3v) is 3.65. The number of hydrogen-bond acceptors (Lipinski definition) is 3. The Balaban J connectivity index is 2.02. The number of anilines is 1. The van der Waals surface area contributed by atoms with Gasteiger partial charge in [0.25, 0.3) is 0 Å². The van der Waals surface area contributed by atoms with Gasteiger partial charge in [-0.25, -0.2) is 9.78 Å². The highest BCUT2D eigenvalue weighted by molar-refractivity contribution is 6.03. The van der Waals surface area contributed by atoms with Crippen LogP contribution in [0.15, 0.2) is 30.3 Å². The summed E-state index contributed by atoms with van der Waals surface area (Å²) in [6, 6.07) is 9.42. The number of carboxylic acids is 1. The Kier molecular flexibility index (Phi) is 3.07. The minimum atomic E-state index is -0.909. The van der Waals surface area contributed by atoms with E-state index in [9.17, 15) is 9.90 Å². The first-order chi connectivity index (χ1) is 9.24. The number of aromatic nitrogens is 1. The summed E-state index contributed by atoms with van der Waals surface area (Å²) in [7, 11) is 0. The van der Waals surface area contributed by atoms with Crippen molar-refractivity contribution in [2.45, 2.75) is 31.7 Å². The monoisotopic (exact) mass is 256 g/mol. The summed E-state index contributed by atoms with van der Waals surface area (Å²) in [5, 5.41) is 13.4. The lowest BCUT2D eigenvalue weighted by Gasteiger charge is -2.14. The van der Waals surface area contributed by atoms with E-state index in [1.54, 1.807) is 12.1 Å². The summed E-state index contributed by atoms with van der Waals surface area (Å²) in [4.78, 5) is 15.9. The molecule has 1 aliphatic rings. The van der Waals surface area contributed by atoms with Crippen LogP contribution in [0.5, 0.6) is 0 Å². The number of rotatable bonds is 3. The second-order valence-corrected chi connectivity index (χ2v) is 5.00. The first-order valence-corrected chi connectivity index (χ1v) is 6.63. The van der Waals surface area contributed by atoms with Crippen LogP contribution in [-0.2, 0) is 0 Å². The summed E-state index contributed by atoms with van der Waals surface area (Å²) < 4.78 is 0. The predicted molar refractivity (Wildman–Crippen MR) is 74.6 cm³/mol. The zero-order valence-corrected chi connectivity index (χ0v) is 10.6. The van der Waals surface area contributed by atoms with E-state index in [0.717, 1.165) is 18.4 Å². The number of aromatic carboxylic acids is 1. The Bertz CT molecular complexity index is 619. The number of hydrogen-bond donors (Lipinski definition) is 2. The third kappa shape index (κ3) is 2.38. The van der Waals surface area contributed by atoms with Crippen molar-refractivity contribution >= 4 is 22.7 Å². The van der Waals surface area contributed by atoms with Gasteiger partial charge in [-0.05, 0) is 25.0 Å². The Morgan fingerprint density at radius 3 is 2.74 bits per heavy atom. The van der Waals surface area contributed by atoms with Crippen molar-refractivity contribution in [2.75, 3.05) is 5.32 Å². The van der Waals surface area contributed by atoms with Crippen LogP contribution >= 0.6 is 0 Å². The average Bonchev–Trinajstić information content (AvgIpc) is 2.90. The lowest BCUT2D eigenvalue weighted by Crippen LogP contribution is -2.16. The van der Waals surface area contributed by atoms with Gasteiger partial charge in [-0.15, -0.1) is 0 Å². The molecule has 0 amide bonds. The molecule has 4 heteroatoms. The van der Waals surface area contributed by atoms with Crippen LogP contribution in [0, 0.1) is 0 Å². The Morgan fingerprint density at radius 1 is 1.26 bits per heavy atom. The predicted octanol–water partition coefficient (Wildman–Crippen LogP) is 3.29. The van der Waals surface area contributed by atoms with Crippen LogP contribution in [0.1, 0.15) is 36.0 Å². The highest BCUT2D eigenvalue weighted by atomic mass is 16.4. The van der Waals surface area contributed by atoms with Crippen LogP contribution in [0.2, 0.25) is 0 Å². The van der Waals surface area contributed by atoms with Gasteiger partial charge < -0.3 is 10.4 Å². The molecule has 1 saturated carbocycles. The van der Waals surface area contributed by atoms with Gasteiger partial charge in [-0.2, -0.15) is 0 Å². The smallest absolute Gasteiger partial charge is 0.336 e. The lowest BCUT2D eigenvalue weighted by molar-refractivity contribution is 0.0699. The van der Waals surface area contributed by atoms with Gasteiger partial charge >= 0.3 is 5.97 Å². The molecule has 0 spiro atoms. The summed E-state index contributed by atoms with van der Waals surface area (Å²) in [6.07, 6.45) is 4.74. The van der Waals surface area contributed by atoms with E-state index in [0.29, 0.717) is 22.8 Å². The molecule has 0 atom stereocenters. The first-order valence-electron chi connectivity index (χ1n) is 6.63. The van der Waals surface area contributed by atoms with Crippen molar-refractivity contribution in [3.63, 3.8) is 0 Å². The minimum absolute atomic E-state index is 0.311. The van der Waals surface area contributed by atoms with E-state index in [1.807, 2.05) is 18.2 Å². The van der Waals surface area contributed by atoms with Gasteiger partial charge in [0, 0.05) is 11.4 Å². The van der Waals surface area contributed by atoms with Gasteiger partial charge in [0.1, 0.15) is 5.82 Å². The molecule has 1 aromatic heterocycles. The van der Waals surface area contributed by atoms with Gasteiger partial charge in [0.15, 0.2) is 0 Å². The number of carboxylic acid groups (broad SMARTS) is 1. The van der Waals surface area contributed by atoms with Gasteiger partial charge in [-0.3, -0.25) is 0 Å². The molecule has 0 saturated heterocycles. The zero-order valence-electron chi connectivity index (χ0n) is 10.6. The van der Waals surface area contributed by atoms with Crippen molar-refractivity contribution in [1.82, 2.24) is 4.98 Å². The van der Waals surface area contributed by atoms with E-state index < -0.39 is 5.97 Å². The SMILES string of the molecule is O=C(O)c1cc(NC2CCCC2)nc2ccccc12. The van der Waals surface area contributed by atoms with E-state index in [-0.39, 0.29) is 0 Å². The maximum absolute atomic E-state index is 11.3. The van der Waals surface area contributed by atoms with Gasteiger partial charge in [0.05, 0.1) is 11.1 Å². The molecule has 4 nitrogen and oxygen atoms in total. The molecule has 19 heavy (non-hydrogen) atoms. The molecule has 1 aromatic carbocycles. The number of pyridine rings is 1. The molecule has 1 heterocycles. The Labute approximate surface area is 111 Å². The lowest BCUT2D eigenvalue weighted by atomic mass is 10.1. The van der Waals surface area contributed by atoms with Crippen LogP contribution in [-0.4, -0.2) is 22.1 Å². The second kappa shape index (κ2) is 4.88. The molecule has 2 aromatic rings. The molecular weight excluding hydrogens is 240 g/mol. The molecular formula is C15H16N2O2. The Morgan fingerprint density at radius 2 is 2.00 bits per heavy atom. The molecule has 0 radical (unpaired) electrons. The maximum Gasteiger partial charge on any atom is 0.336 e. The van der Waals surface area contributed by atoms with E-state index >= 15 is 0 Å². The number of nitrogens with one attached hydrogen (secondary N) is 1. The minimum Gasteiger partial charge on any atom is -0.478 e.